The lowest BCUT2D eigenvalue weighted by atomic mass is 9.93. The van der Waals surface area contributed by atoms with Crippen LogP contribution in [-0.4, -0.2) is 42.1 Å². The molecule has 0 radical (unpaired) electrons. The zero-order chi connectivity index (χ0) is 20.8. The van der Waals surface area contributed by atoms with E-state index in [0.717, 1.165) is 55.3 Å². The van der Waals surface area contributed by atoms with Crippen LogP contribution >= 0.6 is 0 Å². The van der Waals surface area contributed by atoms with Crippen LogP contribution in [0.3, 0.4) is 0 Å². The highest BCUT2D eigenvalue weighted by Gasteiger charge is 2.24. The van der Waals surface area contributed by atoms with Crippen molar-refractivity contribution in [3.05, 3.63) is 42.2 Å². The van der Waals surface area contributed by atoms with Crippen molar-refractivity contribution in [2.75, 3.05) is 30.4 Å². The summed E-state index contributed by atoms with van der Waals surface area (Å²) in [7, 11) is 1.65. The van der Waals surface area contributed by atoms with E-state index in [0.29, 0.717) is 24.9 Å². The lowest BCUT2D eigenvalue weighted by Crippen LogP contribution is -2.36. The van der Waals surface area contributed by atoms with Crippen molar-refractivity contribution in [3.63, 3.8) is 0 Å². The van der Waals surface area contributed by atoms with Gasteiger partial charge in [-0.2, -0.15) is 0 Å². The third kappa shape index (κ3) is 5.84. The molecule has 2 fully saturated rings. The summed E-state index contributed by atoms with van der Waals surface area (Å²) in [6.45, 7) is 2.49. The monoisotopic (exact) mass is 409 g/mol. The Bertz CT molecular complexity index is 855. The van der Waals surface area contributed by atoms with E-state index in [2.05, 4.69) is 31.6 Å². The molecule has 1 amide bonds. The molecule has 1 aromatic heterocycles. The number of ether oxygens (including phenoxy) is 1. The smallest absolute Gasteiger partial charge is 0.220 e. The predicted molar refractivity (Wildman–Crippen MR) is 118 cm³/mol. The molecule has 1 saturated carbocycles. The third-order valence-corrected chi connectivity index (χ3v) is 5.83. The summed E-state index contributed by atoms with van der Waals surface area (Å²) in [6, 6.07) is 10.4. The average molecular weight is 410 g/mol. The van der Waals surface area contributed by atoms with Gasteiger partial charge in [0.05, 0.1) is 7.11 Å². The molecule has 160 valence electrons. The van der Waals surface area contributed by atoms with E-state index in [4.69, 9.17) is 4.74 Å². The Balaban J connectivity index is 1.23. The zero-order valence-corrected chi connectivity index (χ0v) is 17.6. The molecular weight excluding hydrogens is 378 g/mol. The number of rotatable bonds is 9. The number of benzene rings is 1. The molecule has 2 aliphatic rings. The van der Waals surface area contributed by atoms with Crippen molar-refractivity contribution in [1.82, 2.24) is 15.3 Å². The Labute approximate surface area is 178 Å². The van der Waals surface area contributed by atoms with Crippen LogP contribution < -0.4 is 20.3 Å². The van der Waals surface area contributed by atoms with Gasteiger partial charge in [-0.1, -0.05) is 12.1 Å². The predicted octanol–water partition coefficient (Wildman–Crippen LogP) is 3.37. The van der Waals surface area contributed by atoms with Gasteiger partial charge in [0.1, 0.15) is 23.7 Å². The van der Waals surface area contributed by atoms with Gasteiger partial charge in [-0.3, -0.25) is 4.79 Å². The van der Waals surface area contributed by atoms with Gasteiger partial charge in [0, 0.05) is 38.2 Å². The summed E-state index contributed by atoms with van der Waals surface area (Å²) < 4.78 is 5.23. The fourth-order valence-electron chi connectivity index (χ4n) is 3.95. The SMILES string of the molecule is COc1cccc(CNC(=O)CCC2CCCN(c3cc(NC4CC4)ncn3)C2)c1. The van der Waals surface area contributed by atoms with Crippen LogP contribution in [0.1, 0.15) is 44.1 Å². The molecular formula is C23H31N5O2. The number of anilines is 2. The molecule has 1 unspecified atom stereocenters. The molecule has 7 heteroatoms. The van der Waals surface area contributed by atoms with E-state index in [1.54, 1.807) is 13.4 Å². The van der Waals surface area contributed by atoms with Gasteiger partial charge in [-0.25, -0.2) is 9.97 Å². The molecule has 1 aliphatic carbocycles. The highest BCUT2D eigenvalue weighted by molar-refractivity contribution is 5.75. The number of methoxy groups -OCH3 is 1. The Morgan fingerprint density at radius 2 is 2.13 bits per heavy atom. The lowest BCUT2D eigenvalue weighted by molar-refractivity contribution is -0.121. The number of carbonyl (C=O) groups excluding carboxylic acids is 1. The van der Waals surface area contributed by atoms with Crippen molar-refractivity contribution < 1.29 is 9.53 Å². The molecule has 2 N–H and O–H groups in total. The molecule has 0 spiro atoms. The standard InChI is InChI=1S/C23H31N5O2/c1-30-20-6-2-4-18(12-20)14-24-23(29)10-7-17-5-3-11-28(15-17)22-13-21(25-16-26-22)27-19-8-9-19/h2,4,6,12-13,16-17,19H,3,5,7-11,14-15H2,1H3,(H,24,29)(H,25,26,27). The van der Waals surface area contributed by atoms with Crippen molar-refractivity contribution >= 4 is 17.5 Å². The molecule has 1 aromatic carbocycles. The molecule has 1 aliphatic heterocycles. The summed E-state index contributed by atoms with van der Waals surface area (Å²) in [5, 5.41) is 6.47. The average Bonchev–Trinajstić information content (AvgIpc) is 3.61. The normalized spacial score (nSPS) is 18.7. The van der Waals surface area contributed by atoms with E-state index in [1.807, 2.05) is 24.3 Å². The highest BCUT2D eigenvalue weighted by atomic mass is 16.5. The van der Waals surface area contributed by atoms with Crippen molar-refractivity contribution in [2.45, 2.75) is 51.1 Å². The van der Waals surface area contributed by atoms with Crippen LogP contribution in [0.15, 0.2) is 36.7 Å². The molecule has 30 heavy (non-hydrogen) atoms. The first-order chi connectivity index (χ1) is 14.7. The van der Waals surface area contributed by atoms with Gasteiger partial charge in [-0.15, -0.1) is 0 Å². The highest BCUT2D eigenvalue weighted by Crippen LogP contribution is 2.28. The number of nitrogens with zero attached hydrogens (tertiary/aromatic N) is 3. The second-order valence-electron chi connectivity index (χ2n) is 8.30. The van der Waals surface area contributed by atoms with Gasteiger partial charge < -0.3 is 20.3 Å². The fraction of sp³-hybridized carbons (Fsp3) is 0.522. The Morgan fingerprint density at radius 1 is 1.23 bits per heavy atom. The van der Waals surface area contributed by atoms with Crippen LogP contribution in [0.25, 0.3) is 0 Å². The van der Waals surface area contributed by atoms with E-state index < -0.39 is 0 Å². The van der Waals surface area contributed by atoms with Gasteiger partial charge >= 0.3 is 0 Å². The molecule has 2 aromatic rings. The van der Waals surface area contributed by atoms with Crippen molar-refractivity contribution in [2.24, 2.45) is 5.92 Å². The minimum atomic E-state index is 0.105. The number of hydrogen-bond acceptors (Lipinski definition) is 6. The van der Waals surface area contributed by atoms with Crippen molar-refractivity contribution in [1.29, 1.82) is 0 Å². The molecule has 7 nitrogen and oxygen atoms in total. The number of piperidine rings is 1. The maximum absolute atomic E-state index is 12.3. The summed E-state index contributed by atoms with van der Waals surface area (Å²) in [4.78, 5) is 23.5. The minimum absolute atomic E-state index is 0.105. The van der Waals surface area contributed by atoms with Crippen LogP contribution in [0.2, 0.25) is 0 Å². The minimum Gasteiger partial charge on any atom is -0.497 e. The number of nitrogens with one attached hydrogen (secondary N) is 2. The maximum atomic E-state index is 12.3. The number of hydrogen-bond donors (Lipinski definition) is 2. The van der Waals surface area contributed by atoms with Gasteiger partial charge in [0.2, 0.25) is 5.91 Å². The summed E-state index contributed by atoms with van der Waals surface area (Å²) in [5.41, 5.74) is 1.05. The quantitative estimate of drug-likeness (QED) is 0.661. The van der Waals surface area contributed by atoms with Crippen LogP contribution in [-0.2, 0) is 11.3 Å². The number of aromatic nitrogens is 2. The second kappa shape index (κ2) is 9.78. The summed E-state index contributed by atoms with van der Waals surface area (Å²) in [6.07, 6.45) is 7.86. The molecule has 0 bridgehead atoms. The van der Waals surface area contributed by atoms with Gasteiger partial charge in [-0.05, 0) is 55.7 Å². The summed E-state index contributed by atoms with van der Waals surface area (Å²) >= 11 is 0. The zero-order valence-electron chi connectivity index (χ0n) is 17.6. The largest absolute Gasteiger partial charge is 0.497 e. The Morgan fingerprint density at radius 3 is 2.97 bits per heavy atom. The Hall–Kier alpha value is -2.83. The van der Waals surface area contributed by atoms with Crippen LogP contribution in [0.4, 0.5) is 11.6 Å². The first kappa shape index (κ1) is 20.4. The van der Waals surface area contributed by atoms with E-state index in [-0.39, 0.29) is 5.91 Å². The van der Waals surface area contributed by atoms with Crippen molar-refractivity contribution in [3.8, 4) is 5.75 Å². The topological polar surface area (TPSA) is 79.4 Å². The molecule has 4 rings (SSSR count). The molecule has 1 saturated heterocycles. The molecule has 1 atom stereocenters. The fourth-order valence-corrected chi connectivity index (χ4v) is 3.95. The second-order valence-corrected chi connectivity index (χ2v) is 8.30. The first-order valence-corrected chi connectivity index (χ1v) is 10.9. The molecule has 2 heterocycles. The third-order valence-electron chi connectivity index (χ3n) is 5.83. The first-order valence-electron chi connectivity index (χ1n) is 10.9. The Kier molecular flexibility index (Phi) is 6.67. The number of carbonyl (C=O) groups is 1. The van der Waals surface area contributed by atoms with E-state index in [9.17, 15) is 4.79 Å². The van der Waals surface area contributed by atoms with Gasteiger partial charge in [0.15, 0.2) is 0 Å². The summed E-state index contributed by atoms with van der Waals surface area (Å²) in [5.74, 6) is 3.33. The van der Waals surface area contributed by atoms with Crippen LogP contribution in [0.5, 0.6) is 5.75 Å². The van der Waals surface area contributed by atoms with Crippen LogP contribution in [0, 0.1) is 5.92 Å². The maximum Gasteiger partial charge on any atom is 0.220 e. The van der Waals surface area contributed by atoms with E-state index in [1.165, 1.54) is 12.8 Å². The number of amides is 1. The van der Waals surface area contributed by atoms with E-state index >= 15 is 0 Å². The lowest BCUT2D eigenvalue weighted by Gasteiger charge is -2.33. The van der Waals surface area contributed by atoms with Gasteiger partial charge in [0.25, 0.3) is 0 Å².